The summed E-state index contributed by atoms with van der Waals surface area (Å²) in [6.07, 6.45) is 3.17. The molecule has 1 aliphatic heterocycles. The van der Waals surface area contributed by atoms with Crippen molar-refractivity contribution < 1.29 is 13.9 Å². The first-order valence-electron chi connectivity index (χ1n) is 10.6. The van der Waals surface area contributed by atoms with Crippen molar-refractivity contribution >= 4 is 23.4 Å². The molecular formula is C24H26FN5O2. The van der Waals surface area contributed by atoms with E-state index in [1.54, 1.807) is 25.4 Å². The summed E-state index contributed by atoms with van der Waals surface area (Å²) in [6, 6.07) is 15.6. The number of hydrogen-bond acceptors (Lipinski definition) is 6. The van der Waals surface area contributed by atoms with E-state index >= 15 is 0 Å². The predicted molar refractivity (Wildman–Crippen MR) is 121 cm³/mol. The number of anilines is 3. The summed E-state index contributed by atoms with van der Waals surface area (Å²) in [5.41, 5.74) is 1.71. The molecule has 8 heteroatoms. The van der Waals surface area contributed by atoms with Crippen LogP contribution >= 0.6 is 0 Å². The number of benzene rings is 2. The summed E-state index contributed by atoms with van der Waals surface area (Å²) in [6.45, 7) is 1.80. The number of carbonyl (C=O) groups is 1. The number of halogens is 1. The van der Waals surface area contributed by atoms with Gasteiger partial charge in [-0.3, -0.25) is 4.79 Å². The fourth-order valence-electron chi connectivity index (χ4n) is 3.73. The van der Waals surface area contributed by atoms with Crippen molar-refractivity contribution in [2.24, 2.45) is 5.92 Å². The van der Waals surface area contributed by atoms with E-state index in [0.717, 1.165) is 29.8 Å². The van der Waals surface area contributed by atoms with Gasteiger partial charge in [-0.2, -0.15) is 4.98 Å². The largest absolute Gasteiger partial charge is 0.495 e. The van der Waals surface area contributed by atoms with Crippen LogP contribution in [0.2, 0.25) is 0 Å². The minimum Gasteiger partial charge on any atom is -0.495 e. The van der Waals surface area contributed by atoms with E-state index in [0.29, 0.717) is 31.4 Å². The van der Waals surface area contributed by atoms with Crippen molar-refractivity contribution in [3.63, 3.8) is 0 Å². The first kappa shape index (κ1) is 21.5. The van der Waals surface area contributed by atoms with Gasteiger partial charge in [0.15, 0.2) is 0 Å². The fourth-order valence-corrected chi connectivity index (χ4v) is 3.73. The van der Waals surface area contributed by atoms with Crippen LogP contribution in [0, 0.1) is 11.7 Å². The van der Waals surface area contributed by atoms with E-state index in [1.807, 2.05) is 30.3 Å². The number of nitrogens with one attached hydrogen (secondary N) is 2. The van der Waals surface area contributed by atoms with Gasteiger partial charge in [-0.1, -0.05) is 24.3 Å². The average molecular weight is 436 g/mol. The number of methoxy groups -OCH3 is 1. The van der Waals surface area contributed by atoms with Crippen LogP contribution < -0.4 is 20.3 Å². The average Bonchev–Trinajstić information content (AvgIpc) is 2.84. The highest BCUT2D eigenvalue weighted by Crippen LogP contribution is 2.27. The van der Waals surface area contributed by atoms with Crippen molar-refractivity contribution in [3.05, 3.63) is 72.2 Å². The lowest BCUT2D eigenvalue weighted by molar-refractivity contribution is -0.125. The van der Waals surface area contributed by atoms with Gasteiger partial charge in [-0.25, -0.2) is 9.37 Å². The minimum absolute atomic E-state index is 0.0292. The third-order valence-electron chi connectivity index (χ3n) is 5.54. The van der Waals surface area contributed by atoms with Crippen LogP contribution in [-0.4, -0.2) is 36.1 Å². The molecule has 32 heavy (non-hydrogen) atoms. The molecule has 2 heterocycles. The number of piperidine rings is 1. The van der Waals surface area contributed by atoms with Crippen molar-refractivity contribution in [2.75, 3.05) is 30.4 Å². The molecule has 1 aliphatic rings. The Morgan fingerprint density at radius 1 is 1.12 bits per heavy atom. The standard InChI is InChI=1S/C24H26FN5O2/c1-32-21-5-3-2-4-20(21)28-22-10-13-26-24(29-22)30-14-11-18(12-15-30)23(31)27-16-17-6-8-19(25)9-7-17/h2-10,13,18H,11-12,14-16H2,1H3,(H,27,31)(H,26,28,29). The Morgan fingerprint density at radius 2 is 1.88 bits per heavy atom. The molecule has 166 valence electrons. The molecule has 1 aromatic heterocycles. The first-order chi connectivity index (χ1) is 15.6. The minimum atomic E-state index is -0.281. The molecule has 0 aliphatic carbocycles. The van der Waals surface area contributed by atoms with Crippen LogP contribution in [0.25, 0.3) is 0 Å². The van der Waals surface area contributed by atoms with Crippen LogP contribution in [0.4, 0.5) is 21.8 Å². The van der Waals surface area contributed by atoms with Gasteiger partial charge in [0, 0.05) is 31.7 Å². The summed E-state index contributed by atoms with van der Waals surface area (Å²) in [5, 5.41) is 6.23. The summed E-state index contributed by atoms with van der Waals surface area (Å²) in [7, 11) is 1.63. The Kier molecular flexibility index (Phi) is 6.79. The molecule has 0 saturated carbocycles. The monoisotopic (exact) mass is 435 g/mol. The summed E-state index contributed by atoms with van der Waals surface area (Å²) in [5.74, 6) is 1.74. The predicted octanol–water partition coefficient (Wildman–Crippen LogP) is 3.90. The second-order valence-corrected chi connectivity index (χ2v) is 7.67. The second kappa shape index (κ2) is 10.1. The van der Waals surface area contributed by atoms with Gasteiger partial charge in [-0.05, 0) is 48.7 Å². The summed E-state index contributed by atoms with van der Waals surface area (Å²) >= 11 is 0. The third kappa shape index (κ3) is 5.32. The van der Waals surface area contributed by atoms with Gasteiger partial charge in [-0.15, -0.1) is 0 Å². The van der Waals surface area contributed by atoms with E-state index < -0.39 is 0 Å². The number of hydrogen-bond donors (Lipinski definition) is 2. The maximum Gasteiger partial charge on any atom is 0.227 e. The Bertz CT molecular complexity index is 1050. The van der Waals surface area contributed by atoms with Gasteiger partial charge in [0.05, 0.1) is 12.8 Å². The summed E-state index contributed by atoms with van der Waals surface area (Å²) in [4.78, 5) is 23.7. The molecule has 0 bridgehead atoms. The lowest BCUT2D eigenvalue weighted by Gasteiger charge is -2.31. The highest BCUT2D eigenvalue weighted by molar-refractivity contribution is 5.79. The second-order valence-electron chi connectivity index (χ2n) is 7.67. The van der Waals surface area contributed by atoms with Crippen molar-refractivity contribution in [1.29, 1.82) is 0 Å². The molecule has 2 N–H and O–H groups in total. The lowest BCUT2D eigenvalue weighted by Crippen LogP contribution is -2.41. The van der Waals surface area contributed by atoms with E-state index in [2.05, 4.69) is 25.5 Å². The van der Waals surface area contributed by atoms with E-state index in [1.165, 1.54) is 12.1 Å². The van der Waals surface area contributed by atoms with Gasteiger partial charge in [0.1, 0.15) is 17.4 Å². The molecule has 0 spiro atoms. The van der Waals surface area contributed by atoms with Crippen LogP contribution in [0.5, 0.6) is 5.75 Å². The smallest absolute Gasteiger partial charge is 0.227 e. The molecule has 3 aromatic rings. The number of carbonyl (C=O) groups excluding carboxylic acids is 1. The van der Waals surface area contributed by atoms with Crippen LogP contribution in [0.15, 0.2) is 60.8 Å². The van der Waals surface area contributed by atoms with Gasteiger partial charge >= 0.3 is 0 Å². The molecule has 1 fully saturated rings. The number of amides is 1. The van der Waals surface area contributed by atoms with Crippen LogP contribution in [-0.2, 0) is 11.3 Å². The Labute approximate surface area is 186 Å². The molecule has 0 radical (unpaired) electrons. The van der Waals surface area contributed by atoms with Crippen LogP contribution in [0.1, 0.15) is 18.4 Å². The number of ether oxygens (including phenoxy) is 1. The van der Waals surface area contributed by atoms with Gasteiger partial charge < -0.3 is 20.3 Å². The topological polar surface area (TPSA) is 79.4 Å². The normalized spacial score (nSPS) is 14.1. The van der Waals surface area contributed by atoms with Crippen molar-refractivity contribution in [3.8, 4) is 5.75 Å². The van der Waals surface area contributed by atoms with Gasteiger partial charge in [0.2, 0.25) is 11.9 Å². The van der Waals surface area contributed by atoms with Gasteiger partial charge in [0.25, 0.3) is 0 Å². The molecule has 0 atom stereocenters. The quantitative estimate of drug-likeness (QED) is 0.586. The fraction of sp³-hybridized carbons (Fsp3) is 0.292. The molecular weight excluding hydrogens is 409 g/mol. The SMILES string of the molecule is COc1ccccc1Nc1ccnc(N2CCC(C(=O)NCc3ccc(F)cc3)CC2)n1. The Hall–Kier alpha value is -3.68. The van der Waals surface area contributed by atoms with E-state index in [4.69, 9.17) is 4.74 Å². The number of nitrogens with zero attached hydrogens (tertiary/aromatic N) is 3. The molecule has 1 saturated heterocycles. The van der Waals surface area contributed by atoms with E-state index in [-0.39, 0.29) is 17.6 Å². The zero-order valence-electron chi connectivity index (χ0n) is 17.9. The molecule has 2 aromatic carbocycles. The maximum atomic E-state index is 13.0. The number of para-hydroxylation sites is 2. The highest BCUT2D eigenvalue weighted by atomic mass is 19.1. The van der Waals surface area contributed by atoms with Crippen molar-refractivity contribution in [2.45, 2.75) is 19.4 Å². The molecule has 1 amide bonds. The number of rotatable bonds is 7. The number of aromatic nitrogens is 2. The van der Waals surface area contributed by atoms with E-state index in [9.17, 15) is 9.18 Å². The zero-order valence-corrected chi connectivity index (χ0v) is 17.9. The Balaban J connectivity index is 1.31. The summed E-state index contributed by atoms with van der Waals surface area (Å²) < 4.78 is 18.4. The Morgan fingerprint density at radius 3 is 2.62 bits per heavy atom. The zero-order chi connectivity index (χ0) is 22.3. The first-order valence-corrected chi connectivity index (χ1v) is 10.6. The van der Waals surface area contributed by atoms with Crippen molar-refractivity contribution in [1.82, 2.24) is 15.3 Å². The lowest BCUT2D eigenvalue weighted by atomic mass is 9.96. The molecule has 4 rings (SSSR count). The molecule has 0 unspecified atom stereocenters. The third-order valence-corrected chi connectivity index (χ3v) is 5.54. The van der Waals surface area contributed by atoms with Crippen LogP contribution in [0.3, 0.4) is 0 Å². The maximum absolute atomic E-state index is 13.0. The highest BCUT2D eigenvalue weighted by Gasteiger charge is 2.26. The molecule has 7 nitrogen and oxygen atoms in total.